The third-order valence-corrected chi connectivity index (χ3v) is 4.25. The third-order valence-electron chi connectivity index (χ3n) is 4.25. The molecule has 0 atom stereocenters. The van der Waals surface area contributed by atoms with Gasteiger partial charge < -0.3 is 25.7 Å². The second kappa shape index (κ2) is 10.1. The van der Waals surface area contributed by atoms with Crippen LogP contribution in [0.25, 0.3) is 0 Å². The number of para-hydroxylation sites is 1. The number of hydrogen-bond acceptors (Lipinski definition) is 4. The Hall–Kier alpha value is -4.07. The van der Waals surface area contributed by atoms with Gasteiger partial charge in [-0.1, -0.05) is 24.3 Å². The summed E-state index contributed by atoms with van der Waals surface area (Å²) in [4.78, 5) is 36.6. The fourth-order valence-electron chi connectivity index (χ4n) is 2.79. The van der Waals surface area contributed by atoms with Gasteiger partial charge in [-0.05, 0) is 55.8 Å². The van der Waals surface area contributed by atoms with Gasteiger partial charge in [-0.15, -0.1) is 0 Å². The van der Waals surface area contributed by atoms with Crippen LogP contribution in [-0.2, 0) is 6.54 Å². The van der Waals surface area contributed by atoms with Gasteiger partial charge in [0.2, 0.25) is 0 Å². The molecule has 0 fully saturated rings. The van der Waals surface area contributed by atoms with E-state index in [9.17, 15) is 14.4 Å². The number of anilines is 2. The maximum Gasteiger partial charge on any atom is 0.319 e. The molecular formula is C23H24N4O4. The van der Waals surface area contributed by atoms with E-state index in [2.05, 4.69) is 21.3 Å². The lowest BCUT2D eigenvalue weighted by atomic mass is 10.1. The highest BCUT2D eigenvalue weighted by molar-refractivity contribution is 6.03. The molecule has 0 aliphatic heterocycles. The summed E-state index contributed by atoms with van der Waals surface area (Å²) in [6.07, 6.45) is 1.44. The molecular weight excluding hydrogens is 396 g/mol. The molecule has 3 aromatic rings. The van der Waals surface area contributed by atoms with Crippen LogP contribution in [0.15, 0.2) is 71.3 Å². The second-order valence-electron chi connectivity index (χ2n) is 7.11. The van der Waals surface area contributed by atoms with Crippen molar-refractivity contribution >= 4 is 29.2 Å². The molecule has 31 heavy (non-hydrogen) atoms. The molecule has 2 aromatic carbocycles. The Morgan fingerprint density at radius 1 is 0.871 bits per heavy atom. The highest BCUT2D eigenvalue weighted by Gasteiger charge is 2.13. The first-order chi connectivity index (χ1) is 14.9. The highest BCUT2D eigenvalue weighted by Crippen LogP contribution is 2.16. The number of urea groups is 1. The number of carbonyl (C=O) groups is 3. The van der Waals surface area contributed by atoms with Crippen molar-refractivity contribution in [3.8, 4) is 0 Å². The minimum atomic E-state index is -0.373. The zero-order chi connectivity index (χ0) is 22.2. The molecule has 0 unspecified atom stereocenters. The predicted molar refractivity (Wildman–Crippen MR) is 118 cm³/mol. The van der Waals surface area contributed by atoms with Crippen LogP contribution in [0.5, 0.6) is 0 Å². The second-order valence-corrected chi connectivity index (χ2v) is 7.11. The molecule has 1 heterocycles. The van der Waals surface area contributed by atoms with E-state index in [1.165, 1.54) is 6.26 Å². The Balaban J connectivity index is 1.57. The molecule has 0 spiro atoms. The molecule has 8 heteroatoms. The van der Waals surface area contributed by atoms with Crippen molar-refractivity contribution in [1.82, 2.24) is 10.6 Å². The molecule has 0 radical (unpaired) electrons. The largest absolute Gasteiger partial charge is 0.459 e. The number of furan rings is 1. The van der Waals surface area contributed by atoms with E-state index in [0.717, 1.165) is 5.56 Å². The monoisotopic (exact) mass is 420 g/mol. The quantitative estimate of drug-likeness (QED) is 0.463. The van der Waals surface area contributed by atoms with Crippen molar-refractivity contribution in [2.75, 3.05) is 10.6 Å². The van der Waals surface area contributed by atoms with Crippen molar-refractivity contribution in [3.63, 3.8) is 0 Å². The fraction of sp³-hybridized carbons (Fsp3) is 0.174. The van der Waals surface area contributed by atoms with Gasteiger partial charge in [0.05, 0.1) is 17.5 Å². The first-order valence-corrected chi connectivity index (χ1v) is 9.81. The minimum absolute atomic E-state index is 0.0205. The van der Waals surface area contributed by atoms with Gasteiger partial charge >= 0.3 is 6.03 Å². The fourth-order valence-corrected chi connectivity index (χ4v) is 2.79. The lowest BCUT2D eigenvalue weighted by Gasteiger charge is -2.13. The number of nitrogens with one attached hydrogen (secondary N) is 4. The van der Waals surface area contributed by atoms with Crippen LogP contribution in [0.4, 0.5) is 16.2 Å². The van der Waals surface area contributed by atoms with Crippen molar-refractivity contribution in [3.05, 3.63) is 83.8 Å². The number of benzene rings is 2. The molecule has 3 rings (SSSR count). The normalized spacial score (nSPS) is 10.4. The predicted octanol–water partition coefficient (Wildman–Crippen LogP) is 3.99. The first-order valence-electron chi connectivity index (χ1n) is 9.81. The van der Waals surface area contributed by atoms with E-state index in [4.69, 9.17) is 4.42 Å². The molecule has 0 aliphatic rings. The van der Waals surface area contributed by atoms with Gasteiger partial charge in [0, 0.05) is 18.3 Å². The molecule has 4 amide bonds. The molecule has 0 bridgehead atoms. The van der Waals surface area contributed by atoms with Crippen LogP contribution in [-0.4, -0.2) is 23.9 Å². The molecule has 0 saturated carbocycles. The number of carbonyl (C=O) groups excluding carboxylic acids is 3. The Bertz CT molecular complexity index is 1040. The number of hydrogen-bond donors (Lipinski definition) is 4. The zero-order valence-corrected chi connectivity index (χ0v) is 17.3. The molecule has 1 aromatic heterocycles. The molecule has 0 saturated heterocycles. The van der Waals surface area contributed by atoms with Crippen LogP contribution in [0, 0.1) is 0 Å². The zero-order valence-electron chi connectivity index (χ0n) is 17.3. The van der Waals surface area contributed by atoms with Gasteiger partial charge in [0.25, 0.3) is 11.8 Å². The first kappa shape index (κ1) is 21.6. The van der Waals surface area contributed by atoms with E-state index < -0.39 is 0 Å². The van der Waals surface area contributed by atoms with Crippen molar-refractivity contribution in [2.45, 2.75) is 26.4 Å². The molecule has 0 aliphatic carbocycles. The lowest BCUT2D eigenvalue weighted by Crippen LogP contribution is -2.35. The van der Waals surface area contributed by atoms with Crippen molar-refractivity contribution in [1.29, 1.82) is 0 Å². The number of rotatable bonds is 7. The maximum absolute atomic E-state index is 12.6. The Kier molecular flexibility index (Phi) is 7.05. The smallest absolute Gasteiger partial charge is 0.319 e. The molecule has 160 valence electrons. The molecule has 4 N–H and O–H groups in total. The summed E-state index contributed by atoms with van der Waals surface area (Å²) in [5.74, 6) is -0.419. The summed E-state index contributed by atoms with van der Waals surface area (Å²) in [5, 5.41) is 11.0. The van der Waals surface area contributed by atoms with Crippen molar-refractivity contribution < 1.29 is 18.8 Å². The van der Waals surface area contributed by atoms with E-state index in [-0.39, 0.29) is 36.2 Å². The highest BCUT2D eigenvalue weighted by atomic mass is 16.3. The van der Waals surface area contributed by atoms with Crippen LogP contribution in [0.2, 0.25) is 0 Å². The topological polar surface area (TPSA) is 112 Å². The van der Waals surface area contributed by atoms with Gasteiger partial charge in [0.15, 0.2) is 5.76 Å². The third kappa shape index (κ3) is 6.20. The summed E-state index contributed by atoms with van der Waals surface area (Å²) in [6.45, 7) is 4.00. The summed E-state index contributed by atoms with van der Waals surface area (Å²) >= 11 is 0. The minimum Gasteiger partial charge on any atom is -0.459 e. The standard InChI is InChI=1S/C23H24N4O4/c1-15(2)25-23(30)27-19-7-4-3-6-18(19)21(28)24-14-16-9-11-17(12-10-16)26-22(29)20-8-5-13-31-20/h3-13,15H,14H2,1-2H3,(H,24,28)(H,26,29)(H2,25,27,30). The van der Waals surface area contributed by atoms with Gasteiger partial charge in [-0.25, -0.2) is 4.79 Å². The Labute approximate surface area is 180 Å². The Morgan fingerprint density at radius 2 is 1.61 bits per heavy atom. The van der Waals surface area contributed by atoms with Crippen LogP contribution in [0.3, 0.4) is 0 Å². The van der Waals surface area contributed by atoms with E-state index in [0.29, 0.717) is 16.9 Å². The van der Waals surface area contributed by atoms with E-state index in [1.807, 2.05) is 13.8 Å². The SMILES string of the molecule is CC(C)NC(=O)Nc1ccccc1C(=O)NCc1ccc(NC(=O)c2ccco2)cc1. The Morgan fingerprint density at radius 3 is 2.29 bits per heavy atom. The van der Waals surface area contributed by atoms with Crippen LogP contribution < -0.4 is 21.3 Å². The van der Waals surface area contributed by atoms with Crippen molar-refractivity contribution in [2.24, 2.45) is 0 Å². The van der Waals surface area contributed by atoms with Gasteiger partial charge in [-0.3, -0.25) is 9.59 Å². The summed E-state index contributed by atoms with van der Waals surface area (Å²) in [7, 11) is 0. The number of amides is 4. The van der Waals surface area contributed by atoms with Gasteiger partial charge in [-0.2, -0.15) is 0 Å². The lowest BCUT2D eigenvalue weighted by molar-refractivity contribution is 0.0950. The van der Waals surface area contributed by atoms with Gasteiger partial charge in [0.1, 0.15) is 0 Å². The average molecular weight is 420 g/mol. The summed E-state index contributed by atoms with van der Waals surface area (Å²) in [6, 6.07) is 16.7. The maximum atomic E-state index is 12.6. The van der Waals surface area contributed by atoms with Crippen LogP contribution in [0.1, 0.15) is 40.3 Å². The molecule has 8 nitrogen and oxygen atoms in total. The van der Waals surface area contributed by atoms with Crippen LogP contribution >= 0.6 is 0 Å². The summed E-state index contributed by atoms with van der Waals surface area (Å²) < 4.78 is 5.06. The van der Waals surface area contributed by atoms with E-state index in [1.54, 1.807) is 60.7 Å². The average Bonchev–Trinajstić information content (AvgIpc) is 3.28. The van der Waals surface area contributed by atoms with E-state index >= 15 is 0 Å². The summed E-state index contributed by atoms with van der Waals surface area (Å²) in [5.41, 5.74) is 2.26.